The topological polar surface area (TPSA) is 47.0 Å². The number of nitrogens with zero attached hydrogens (tertiary/aromatic N) is 3. The van der Waals surface area contributed by atoms with Crippen LogP contribution in [0.3, 0.4) is 0 Å². The number of hydrazine groups is 1. The van der Waals surface area contributed by atoms with Crippen molar-refractivity contribution < 1.29 is 9.90 Å². The highest BCUT2D eigenvalue weighted by Gasteiger charge is 2.23. The fraction of sp³-hybridized carbons (Fsp3) is 0.533. The minimum absolute atomic E-state index is 0.0835. The first kappa shape index (κ1) is 17.8. The second kappa shape index (κ2) is 8.92. The Morgan fingerprint density at radius 1 is 1.19 bits per heavy atom. The summed E-state index contributed by atoms with van der Waals surface area (Å²) >= 11 is 1.67. The smallest absolute Gasteiger partial charge is 0.422 e. The average Bonchev–Trinajstić information content (AvgIpc) is 2.44. The monoisotopic (exact) mass is 311 g/mol. The highest BCUT2D eigenvalue weighted by Crippen LogP contribution is 2.20. The van der Waals surface area contributed by atoms with Crippen molar-refractivity contribution in [1.29, 1.82) is 0 Å². The van der Waals surface area contributed by atoms with Gasteiger partial charge in [-0.3, -0.25) is 0 Å². The van der Waals surface area contributed by atoms with Crippen molar-refractivity contribution in [3.8, 4) is 0 Å². The van der Waals surface area contributed by atoms with Gasteiger partial charge >= 0.3 is 6.09 Å². The summed E-state index contributed by atoms with van der Waals surface area (Å²) in [4.78, 5) is 14.7. The van der Waals surface area contributed by atoms with Crippen LogP contribution >= 0.6 is 11.8 Å². The van der Waals surface area contributed by atoms with Gasteiger partial charge < -0.3 is 10.0 Å². The summed E-state index contributed by atoms with van der Waals surface area (Å²) in [6, 6.07) is 9.96. The molecule has 1 atom stereocenters. The first-order valence-electron chi connectivity index (χ1n) is 6.97. The Labute approximate surface area is 131 Å². The molecule has 6 heteroatoms. The number of hydrogen-bond acceptors (Lipinski definition) is 4. The number of amides is 1. The number of likely N-dealkylation sites (N-methyl/N-ethyl adjacent to an activating group) is 2. The predicted molar refractivity (Wildman–Crippen MR) is 87.7 cm³/mol. The van der Waals surface area contributed by atoms with Crippen molar-refractivity contribution in [1.82, 2.24) is 14.9 Å². The molecule has 0 bridgehead atoms. The van der Waals surface area contributed by atoms with Gasteiger partial charge in [0.1, 0.15) is 0 Å². The number of carbonyl (C=O) groups is 1. The molecule has 1 aromatic carbocycles. The summed E-state index contributed by atoms with van der Waals surface area (Å²) in [6.45, 7) is 3.44. The lowest BCUT2D eigenvalue weighted by molar-refractivity contribution is -0.0124. The first-order valence-corrected chi connectivity index (χ1v) is 7.96. The molecule has 0 saturated carbocycles. The Morgan fingerprint density at radius 3 is 2.33 bits per heavy atom. The van der Waals surface area contributed by atoms with Gasteiger partial charge in [0.25, 0.3) is 0 Å². The van der Waals surface area contributed by atoms with E-state index >= 15 is 0 Å². The molecule has 0 aliphatic carbocycles. The Morgan fingerprint density at radius 2 is 1.81 bits per heavy atom. The molecule has 1 unspecified atom stereocenters. The molecule has 0 aliphatic rings. The number of thioether (sulfide) groups is 1. The first-order chi connectivity index (χ1) is 9.91. The number of carboxylic acid groups (broad SMARTS) is 1. The van der Waals surface area contributed by atoms with Gasteiger partial charge in [0.05, 0.1) is 6.04 Å². The Kier molecular flexibility index (Phi) is 7.56. The molecule has 0 fully saturated rings. The van der Waals surface area contributed by atoms with Crippen LogP contribution in [-0.4, -0.2) is 72.1 Å². The maximum Gasteiger partial charge on any atom is 0.422 e. The molecule has 0 heterocycles. The van der Waals surface area contributed by atoms with E-state index in [1.165, 1.54) is 5.01 Å². The summed E-state index contributed by atoms with van der Waals surface area (Å²) in [5, 5.41) is 12.6. The normalized spacial score (nSPS) is 12.7. The standard InChI is InChI=1S/C15H25N3O2S/c1-13(12-21-14-8-6-5-7-9-14)18(15(19)20)17(4)11-10-16(2)3/h5-9,13H,10-12H2,1-4H3,(H,19,20). The molecule has 0 spiro atoms. The van der Waals surface area contributed by atoms with E-state index in [-0.39, 0.29) is 6.04 Å². The van der Waals surface area contributed by atoms with Crippen LogP contribution in [0.15, 0.2) is 35.2 Å². The Balaban J connectivity index is 2.56. The molecule has 0 aliphatic heterocycles. The highest BCUT2D eigenvalue weighted by atomic mass is 32.2. The predicted octanol–water partition coefficient (Wildman–Crippen LogP) is 2.56. The van der Waals surface area contributed by atoms with Gasteiger partial charge in [-0.1, -0.05) is 18.2 Å². The summed E-state index contributed by atoms with van der Waals surface area (Å²) in [6.07, 6.45) is -0.905. The van der Waals surface area contributed by atoms with Gasteiger partial charge in [0.2, 0.25) is 0 Å². The zero-order valence-electron chi connectivity index (χ0n) is 13.2. The van der Waals surface area contributed by atoms with Crippen LogP contribution in [0.4, 0.5) is 4.79 Å². The van der Waals surface area contributed by atoms with E-state index in [2.05, 4.69) is 0 Å². The van der Waals surface area contributed by atoms with Gasteiger partial charge in [0.15, 0.2) is 0 Å². The third-order valence-corrected chi connectivity index (χ3v) is 4.34. The second-order valence-electron chi connectivity index (χ2n) is 5.28. The Bertz CT molecular complexity index is 428. The summed E-state index contributed by atoms with van der Waals surface area (Å²) in [7, 11) is 5.78. The van der Waals surface area contributed by atoms with E-state index in [4.69, 9.17) is 0 Å². The maximum atomic E-state index is 11.5. The van der Waals surface area contributed by atoms with Crippen LogP contribution in [-0.2, 0) is 0 Å². The van der Waals surface area contributed by atoms with Gasteiger partial charge in [-0.25, -0.2) is 14.8 Å². The van der Waals surface area contributed by atoms with Gasteiger partial charge in [-0.2, -0.15) is 0 Å². The molecule has 0 saturated heterocycles. The second-order valence-corrected chi connectivity index (χ2v) is 6.38. The zero-order chi connectivity index (χ0) is 15.8. The van der Waals surface area contributed by atoms with E-state index in [0.29, 0.717) is 6.54 Å². The summed E-state index contributed by atoms with van der Waals surface area (Å²) < 4.78 is 0. The molecule has 1 aromatic rings. The van der Waals surface area contributed by atoms with Crippen LogP contribution in [0.5, 0.6) is 0 Å². The maximum absolute atomic E-state index is 11.5. The van der Waals surface area contributed by atoms with E-state index in [1.54, 1.807) is 16.8 Å². The fourth-order valence-electron chi connectivity index (χ4n) is 1.93. The van der Waals surface area contributed by atoms with Crippen molar-refractivity contribution >= 4 is 17.9 Å². The number of hydrogen-bond donors (Lipinski definition) is 1. The third kappa shape index (κ3) is 6.37. The van der Waals surface area contributed by atoms with Crippen LogP contribution in [0, 0.1) is 0 Å². The van der Waals surface area contributed by atoms with E-state index in [0.717, 1.165) is 17.2 Å². The highest BCUT2D eigenvalue weighted by molar-refractivity contribution is 7.99. The van der Waals surface area contributed by atoms with Crippen LogP contribution in [0.25, 0.3) is 0 Å². The Hall–Kier alpha value is -1.24. The summed E-state index contributed by atoms with van der Waals surface area (Å²) in [5.41, 5.74) is 0. The van der Waals surface area contributed by atoms with E-state index < -0.39 is 6.09 Å². The molecule has 0 radical (unpaired) electrons. The van der Waals surface area contributed by atoms with Crippen molar-refractivity contribution in [2.75, 3.05) is 40.0 Å². The van der Waals surface area contributed by atoms with Crippen molar-refractivity contribution in [2.24, 2.45) is 0 Å². The van der Waals surface area contributed by atoms with Gasteiger partial charge in [0, 0.05) is 30.8 Å². The molecule has 1 rings (SSSR count). The van der Waals surface area contributed by atoms with Crippen molar-refractivity contribution in [2.45, 2.75) is 17.9 Å². The quantitative estimate of drug-likeness (QED) is 0.590. The van der Waals surface area contributed by atoms with Crippen LogP contribution in [0.2, 0.25) is 0 Å². The fourth-order valence-corrected chi connectivity index (χ4v) is 2.85. The molecule has 5 nitrogen and oxygen atoms in total. The lowest BCUT2D eigenvalue weighted by atomic mass is 10.4. The minimum Gasteiger partial charge on any atom is -0.464 e. The minimum atomic E-state index is -0.905. The molecule has 118 valence electrons. The number of benzene rings is 1. The average molecular weight is 311 g/mol. The molecule has 1 N–H and O–H groups in total. The van der Waals surface area contributed by atoms with Gasteiger partial charge in [-0.05, 0) is 33.2 Å². The third-order valence-electron chi connectivity index (χ3n) is 3.09. The van der Waals surface area contributed by atoms with Crippen molar-refractivity contribution in [3.05, 3.63) is 30.3 Å². The molecule has 21 heavy (non-hydrogen) atoms. The lowest BCUT2D eigenvalue weighted by Gasteiger charge is -2.34. The SMILES string of the molecule is CC(CSc1ccccc1)N(C(=O)O)N(C)CCN(C)C. The largest absolute Gasteiger partial charge is 0.464 e. The van der Waals surface area contributed by atoms with Crippen LogP contribution < -0.4 is 0 Å². The molecule has 0 aromatic heterocycles. The van der Waals surface area contributed by atoms with Crippen molar-refractivity contribution in [3.63, 3.8) is 0 Å². The lowest BCUT2D eigenvalue weighted by Crippen LogP contribution is -2.51. The van der Waals surface area contributed by atoms with Crippen LogP contribution in [0.1, 0.15) is 6.92 Å². The summed E-state index contributed by atoms with van der Waals surface area (Å²) in [5.74, 6) is 0.725. The molecule has 1 amide bonds. The van der Waals surface area contributed by atoms with Gasteiger partial charge in [-0.15, -0.1) is 11.8 Å². The zero-order valence-corrected chi connectivity index (χ0v) is 14.0. The van der Waals surface area contributed by atoms with E-state index in [1.807, 2.05) is 63.3 Å². The molecular formula is C15H25N3O2S. The molecular weight excluding hydrogens is 286 g/mol. The number of rotatable bonds is 8. The van der Waals surface area contributed by atoms with E-state index in [9.17, 15) is 9.90 Å².